The Hall–Kier alpha value is -1.84. The van der Waals surface area contributed by atoms with Gasteiger partial charge in [0.1, 0.15) is 0 Å². The normalized spacial score (nSPS) is 9.81. The average molecular weight is 220 g/mol. The van der Waals surface area contributed by atoms with Gasteiger partial charge in [-0.25, -0.2) is 9.78 Å². The summed E-state index contributed by atoms with van der Waals surface area (Å²) in [5, 5.41) is 8.98. The van der Waals surface area contributed by atoms with E-state index < -0.39 is 5.97 Å². The first-order valence-electron chi connectivity index (χ1n) is 5.17. The van der Waals surface area contributed by atoms with Crippen LogP contribution in [0.5, 0.6) is 0 Å². The van der Waals surface area contributed by atoms with Gasteiger partial charge in [-0.2, -0.15) is 0 Å². The second-order valence-corrected chi connectivity index (χ2v) is 3.53. The summed E-state index contributed by atoms with van der Waals surface area (Å²) in [5.41, 5.74) is 0.752. The Bertz CT molecular complexity index is 377. The van der Waals surface area contributed by atoms with Gasteiger partial charge in [-0.15, -0.1) is 6.58 Å². The molecule has 0 saturated carbocycles. The van der Waals surface area contributed by atoms with Gasteiger partial charge in [-0.3, -0.25) is 0 Å². The minimum atomic E-state index is -0.994. The first kappa shape index (κ1) is 12.2. The Morgan fingerprint density at radius 2 is 2.44 bits per heavy atom. The second kappa shape index (κ2) is 5.90. The lowest BCUT2D eigenvalue weighted by molar-refractivity contribution is 0.0691. The number of aromatic carboxylic acids is 1. The summed E-state index contributed by atoms with van der Waals surface area (Å²) >= 11 is 0. The summed E-state index contributed by atoms with van der Waals surface area (Å²) in [6.45, 7) is 4.44. The molecule has 0 radical (unpaired) electrons. The Morgan fingerprint density at radius 1 is 1.69 bits per heavy atom. The molecule has 0 spiro atoms. The van der Waals surface area contributed by atoms with Crippen LogP contribution in [-0.4, -0.2) is 29.7 Å². The third-order valence-electron chi connectivity index (χ3n) is 2.30. The van der Waals surface area contributed by atoms with Gasteiger partial charge < -0.3 is 10.0 Å². The van der Waals surface area contributed by atoms with Gasteiger partial charge in [-0.1, -0.05) is 6.08 Å². The number of aromatic nitrogens is 1. The molecule has 0 unspecified atom stereocenters. The molecule has 1 heterocycles. The van der Waals surface area contributed by atoms with Crippen LogP contribution in [-0.2, 0) is 0 Å². The number of hydrogen-bond acceptors (Lipinski definition) is 3. The maximum absolute atomic E-state index is 11.0. The molecular weight excluding hydrogens is 204 g/mol. The quantitative estimate of drug-likeness (QED) is 0.589. The molecule has 16 heavy (non-hydrogen) atoms. The summed E-state index contributed by atoms with van der Waals surface area (Å²) < 4.78 is 0. The van der Waals surface area contributed by atoms with E-state index in [0.29, 0.717) is 5.69 Å². The van der Waals surface area contributed by atoms with Gasteiger partial charge in [0.05, 0.1) is 5.69 Å². The van der Waals surface area contributed by atoms with E-state index in [1.165, 1.54) is 6.20 Å². The topological polar surface area (TPSA) is 53.4 Å². The van der Waals surface area contributed by atoms with Gasteiger partial charge in [-0.05, 0) is 25.0 Å². The van der Waals surface area contributed by atoms with Crippen molar-refractivity contribution in [3.05, 3.63) is 36.7 Å². The van der Waals surface area contributed by atoms with Crippen molar-refractivity contribution >= 4 is 11.7 Å². The number of anilines is 1. The summed E-state index contributed by atoms with van der Waals surface area (Å²) in [6.07, 6.45) is 5.22. The summed E-state index contributed by atoms with van der Waals surface area (Å²) in [5.74, 6) is -0.994. The number of pyridine rings is 1. The highest BCUT2D eigenvalue weighted by Gasteiger charge is 2.13. The van der Waals surface area contributed by atoms with Gasteiger partial charge in [0.15, 0.2) is 5.69 Å². The number of carboxylic acids is 1. The van der Waals surface area contributed by atoms with E-state index in [9.17, 15) is 4.79 Å². The van der Waals surface area contributed by atoms with Crippen molar-refractivity contribution in [2.75, 3.05) is 18.5 Å². The number of allylic oxidation sites excluding steroid dienone is 1. The Morgan fingerprint density at radius 3 is 3.06 bits per heavy atom. The molecule has 0 bridgehead atoms. The zero-order valence-corrected chi connectivity index (χ0v) is 9.39. The lowest BCUT2D eigenvalue weighted by atomic mass is 10.2. The molecule has 1 N–H and O–H groups in total. The molecule has 4 nitrogen and oxygen atoms in total. The number of unbranched alkanes of at least 4 members (excludes halogenated alkanes) is 1. The lowest BCUT2D eigenvalue weighted by Crippen LogP contribution is -2.21. The summed E-state index contributed by atoms with van der Waals surface area (Å²) in [6, 6.07) is 3.51. The molecule has 4 heteroatoms. The molecule has 0 fully saturated rings. The van der Waals surface area contributed by atoms with Crippen LogP contribution in [0.2, 0.25) is 0 Å². The first-order chi connectivity index (χ1) is 7.66. The van der Waals surface area contributed by atoms with Crippen LogP contribution in [0.1, 0.15) is 23.3 Å². The number of carboxylic acid groups (broad SMARTS) is 1. The predicted octanol–water partition coefficient (Wildman–Crippen LogP) is 2.18. The number of nitrogens with zero attached hydrogens (tertiary/aromatic N) is 2. The van der Waals surface area contributed by atoms with Crippen molar-refractivity contribution < 1.29 is 9.90 Å². The highest BCUT2D eigenvalue weighted by Crippen LogP contribution is 2.17. The number of carbonyl (C=O) groups is 1. The maximum atomic E-state index is 11.0. The third-order valence-corrected chi connectivity index (χ3v) is 2.30. The van der Waals surface area contributed by atoms with Crippen LogP contribution in [0.15, 0.2) is 31.0 Å². The van der Waals surface area contributed by atoms with E-state index >= 15 is 0 Å². The minimum absolute atomic E-state index is 0.101. The minimum Gasteiger partial charge on any atom is -0.476 e. The van der Waals surface area contributed by atoms with E-state index in [0.717, 1.165) is 19.4 Å². The van der Waals surface area contributed by atoms with E-state index in [1.807, 2.05) is 18.0 Å². The molecular formula is C12H16N2O2. The van der Waals surface area contributed by atoms with Crippen LogP contribution in [0.25, 0.3) is 0 Å². The Balaban J connectivity index is 2.77. The van der Waals surface area contributed by atoms with Gasteiger partial charge >= 0.3 is 5.97 Å². The molecule has 86 valence electrons. The van der Waals surface area contributed by atoms with Crippen molar-refractivity contribution in [1.82, 2.24) is 4.98 Å². The average Bonchev–Trinajstić information content (AvgIpc) is 2.29. The Labute approximate surface area is 95.2 Å². The molecule has 1 aromatic rings. The monoisotopic (exact) mass is 220 g/mol. The van der Waals surface area contributed by atoms with Crippen molar-refractivity contribution in [1.29, 1.82) is 0 Å². The fraction of sp³-hybridized carbons (Fsp3) is 0.333. The zero-order chi connectivity index (χ0) is 12.0. The molecule has 1 aromatic heterocycles. The van der Waals surface area contributed by atoms with Crippen LogP contribution in [0.4, 0.5) is 5.69 Å². The molecule has 0 atom stereocenters. The van der Waals surface area contributed by atoms with E-state index in [2.05, 4.69) is 11.6 Å². The van der Waals surface area contributed by atoms with Crippen molar-refractivity contribution in [3.8, 4) is 0 Å². The maximum Gasteiger partial charge on any atom is 0.356 e. The Kier molecular flexibility index (Phi) is 4.51. The first-order valence-corrected chi connectivity index (χ1v) is 5.17. The SMILES string of the molecule is C=CCCCN(C)c1cccnc1C(=O)O. The largest absolute Gasteiger partial charge is 0.476 e. The van der Waals surface area contributed by atoms with Crippen LogP contribution >= 0.6 is 0 Å². The summed E-state index contributed by atoms with van der Waals surface area (Å²) in [7, 11) is 1.87. The fourth-order valence-corrected chi connectivity index (χ4v) is 1.46. The zero-order valence-electron chi connectivity index (χ0n) is 9.39. The molecule has 0 aliphatic carbocycles. The van der Waals surface area contributed by atoms with Gasteiger partial charge in [0.2, 0.25) is 0 Å². The lowest BCUT2D eigenvalue weighted by Gasteiger charge is -2.19. The number of rotatable bonds is 6. The smallest absolute Gasteiger partial charge is 0.356 e. The van der Waals surface area contributed by atoms with Crippen LogP contribution in [0, 0.1) is 0 Å². The molecule has 0 aromatic carbocycles. The van der Waals surface area contributed by atoms with Crippen LogP contribution in [0.3, 0.4) is 0 Å². The molecule has 1 rings (SSSR count). The van der Waals surface area contributed by atoms with E-state index in [1.54, 1.807) is 12.1 Å². The predicted molar refractivity (Wildman–Crippen MR) is 63.9 cm³/mol. The summed E-state index contributed by atoms with van der Waals surface area (Å²) in [4.78, 5) is 16.7. The van der Waals surface area contributed by atoms with E-state index in [-0.39, 0.29) is 5.69 Å². The molecule has 0 amide bonds. The standard InChI is InChI=1S/C12H16N2O2/c1-3-4-5-9-14(2)10-7-6-8-13-11(10)12(15)16/h3,6-8H,1,4-5,9H2,2H3,(H,15,16). The van der Waals surface area contributed by atoms with Crippen LogP contribution < -0.4 is 4.90 Å². The van der Waals surface area contributed by atoms with Crippen molar-refractivity contribution in [3.63, 3.8) is 0 Å². The number of hydrogen-bond donors (Lipinski definition) is 1. The van der Waals surface area contributed by atoms with E-state index in [4.69, 9.17) is 5.11 Å². The van der Waals surface area contributed by atoms with Gasteiger partial charge in [0, 0.05) is 19.8 Å². The highest BCUT2D eigenvalue weighted by molar-refractivity contribution is 5.92. The molecule has 0 aliphatic rings. The third kappa shape index (κ3) is 3.08. The second-order valence-electron chi connectivity index (χ2n) is 3.53. The van der Waals surface area contributed by atoms with Gasteiger partial charge in [0.25, 0.3) is 0 Å². The van der Waals surface area contributed by atoms with Crippen molar-refractivity contribution in [2.45, 2.75) is 12.8 Å². The fourth-order valence-electron chi connectivity index (χ4n) is 1.46. The molecule has 0 saturated heterocycles. The molecule has 0 aliphatic heterocycles. The van der Waals surface area contributed by atoms with Crippen molar-refractivity contribution in [2.24, 2.45) is 0 Å². The highest BCUT2D eigenvalue weighted by atomic mass is 16.4.